The molecule has 0 fully saturated rings. The van der Waals surface area contributed by atoms with Crippen molar-refractivity contribution in [2.75, 3.05) is 5.32 Å². The summed E-state index contributed by atoms with van der Waals surface area (Å²) >= 11 is 1.57. The van der Waals surface area contributed by atoms with Crippen molar-refractivity contribution < 1.29 is 5.11 Å². The fourth-order valence-electron chi connectivity index (χ4n) is 2.79. The van der Waals surface area contributed by atoms with E-state index < -0.39 is 0 Å². The van der Waals surface area contributed by atoms with E-state index in [0.717, 1.165) is 26.9 Å². The van der Waals surface area contributed by atoms with Gasteiger partial charge in [0.25, 0.3) is 0 Å². The van der Waals surface area contributed by atoms with Crippen molar-refractivity contribution in [2.24, 2.45) is 0 Å². The zero-order chi connectivity index (χ0) is 19.7. The number of benzene rings is 1. The summed E-state index contributed by atoms with van der Waals surface area (Å²) in [6.45, 7) is 6.36. The molecule has 0 atom stereocenters. The van der Waals surface area contributed by atoms with Gasteiger partial charge in [0.1, 0.15) is 17.3 Å². The molecule has 0 saturated heterocycles. The molecule has 4 aromatic rings. The van der Waals surface area contributed by atoms with Crippen LogP contribution in [0.5, 0.6) is 5.75 Å². The molecule has 6 heteroatoms. The monoisotopic (exact) mass is 388 g/mol. The molecular weight excluding hydrogens is 368 g/mol. The lowest BCUT2D eigenvalue weighted by atomic mass is 10.1. The van der Waals surface area contributed by atoms with Crippen LogP contribution in [0.15, 0.2) is 55.0 Å². The summed E-state index contributed by atoms with van der Waals surface area (Å²) in [4.78, 5) is 10.9. The van der Waals surface area contributed by atoms with Crippen LogP contribution in [0.4, 0.5) is 5.82 Å². The minimum atomic E-state index is -0.112. The quantitative estimate of drug-likeness (QED) is 0.486. The van der Waals surface area contributed by atoms with Gasteiger partial charge in [-0.2, -0.15) is 0 Å². The first kappa shape index (κ1) is 18.1. The van der Waals surface area contributed by atoms with Crippen LogP contribution in [0, 0.1) is 11.8 Å². The van der Waals surface area contributed by atoms with E-state index in [0.29, 0.717) is 5.56 Å². The lowest BCUT2D eigenvalue weighted by molar-refractivity contribution is 0.473. The van der Waals surface area contributed by atoms with Crippen LogP contribution in [0.1, 0.15) is 31.2 Å². The molecule has 5 nitrogen and oxygen atoms in total. The summed E-state index contributed by atoms with van der Waals surface area (Å²) in [6.07, 6.45) is 5.42. The predicted molar refractivity (Wildman–Crippen MR) is 114 cm³/mol. The fraction of sp³-hybridized carbons (Fsp3) is 0.182. The number of hydrogen-bond donors (Lipinski definition) is 2. The van der Waals surface area contributed by atoms with Crippen LogP contribution in [0.3, 0.4) is 0 Å². The number of imidazole rings is 1. The number of para-hydroxylation sites is 1. The minimum absolute atomic E-state index is 0.112. The van der Waals surface area contributed by atoms with Crippen molar-refractivity contribution in [3.63, 3.8) is 0 Å². The Kier molecular flexibility index (Phi) is 4.54. The summed E-state index contributed by atoms with van der Waals surface area (Å²) in [5.41, 5.74) is 2.17. The van der Waals surface area contributed by atoms with Crippen molar-refractivity contribution in [3.05, 3.63) is 65.4 Å². The second-order valence-corrected chi connectivity index (χ2v) is 8.50. The summed E-state index contributed by atoms with van der Waals surface area (Å²) < 4.78 is 2.01. The van der Waals surface area contributed by atoms with Crippen LogP contribution in [-0.4, -0.2) is 25.0 Å². The number of nitrogens with zero attached hydrogens (tertiary/aromatic N) is 3. The maximum absolute atomic E-state index is 9.87. The standard InChI is InChI=1S/C22H20N4OS/c1-22(2,3)25-21-20(24-19-14-23-12-13-26(19)21)18-11-10-16(28-18)9-8-15-6-4-5-7-17(15)27/h4-7,10-14,25,27H,1-3H3. The van der Waals surface area contributed by atoms with Crippen LogP contribution < -0.4 is 5.32 Å². The van der Waals surface area contributed by atoms with E-state index in [-0.39, 0.29) is 11.3 Å². The van der Waals surface area contributed by atoms with Crippen LogP contribution in [0.25, 0.3) is 16.2 Å². The Hall–Kier alpha value is -3.30. The van der Waals surface area contributed by atoms with Gasteiger partial charge in [-0.3, -0.25) is 9.38 Å². The number of phenols is 1. The molecular formula is C22H20N4OS. The van der Waals surface area contributed by atoms with Gasteiger partial charge in [0.15, 0.2) is 5.65 Å². The molecule has 3 aromatic heterocycles. The highest BCUT2D eigenvalue weighted by molar-refractivity contribution is 7.16. The van der Waals surface area contributed by atoms with E-state index in [2.05, 4.69) is 42.9 Å². The molecule has 0 aliphatic rings. The SMILES string of the molecule is CC(C)(C)Nc1c(-c2ccc(C#Cc3ccccc3O)s2)nc2cnccn12. The summed E-state index contributed by atoms with van der Waals surface area (Å²) in [7, 11) is 0. The molecule has 0 spiro atoms. The molecule has 3 heterocycles. The Bertz CT molecular complexity index is 1200. The van der Waals surface area contributed by atoms with Gasteiger partial charge in [-0.25, -0.2) is 4.98 Å². The Balaban J connectivity index is 1.74. The van der Waals surface area contributed by atoms with Gasteiger partial charge in [0.05, 0.1) is 21.5 Å². The van der Waals surface area contributed by atoms with E-state index in [9.17, 15) is 5.11 Å². The highest BCUT2D eigenvalue weighted by atomic mass is 32.1. The molecule has 0 aliphatic carbocycles. The Labute approximate surface area is 167 Å². The lowest BCUT2D eigenvalue weighted by Gasteiger charge is -2.22. The number of aromatic nitrogens is 3. The van der Waals surface area contributed by atoms with Crippen molar-refractivity contribution in [3.8, 4) is 28.2 Å². The average Bonchev–Trinajstić information content (AvgIpc) is 3.25. The van der Waals surface area contributed by atoms with Crippen molar-refractivity contribution >= 4 is 22.8 Å². The third kappa shape index (κ3) is 3.71. The molecule has 140 valence electrons. The summed E-state index contributed by atoms with van der Waals surface area (Å²) in [5, 5.41) is 13.4. The van der Waals surface area contributed by atoms with Gasteiger partial charge in [0.2, 0.25) is 0 Å². The minimum Gasteiger partial charge on any atom is -0.507 e. The van der Waals surface area contributed by atoms with Crippen LogP contribution >= 0.6 is 11.3 Å². The number of rotatable bonds is 2. The zero-order valence-corrected chi connectivity index (χ0v) is 16.7. The first-order valence-electron chi connectivity index (χ1n) is 8.91. The van der Waals surface area contributed by atoms with Gasteiger partial charge >= 0.3 is 0 Å². The maximum atomic E-state index is 9.87. The van der Waals surface area contributed by atoms with Crippen LogP contribution in [0.2, 0.25) is 0 Å². The number of thiophene rings is 1. The summed E-state index contributed by atoms with van der Waals surface area (Å²) in [6, 6.07) is 11.1. The lowest BCUT2D eigenvalue weighted by Crippen LogP contribution is -2.27. The summed E-state index contributed by atoms with van der Waals surface area (Å²) in [5.74, 6) is 7.30. The molecule has 0 unspecified atom stereocenters. The molecule has 0 radical (unpaired) electrons. The van der Waals surface area contributed by atoms with Gasteiger partial charge in [-0.15, -0.1) is 11.3 Å². The van der Waals surface area contributed by atoms with Crippen molar-refractivity contribution in [1.82, 2.24) is 14.4 Å². The van der Waals surface area contributed by atoms with Gasteiger partial charge in [-0.05, 0) is 45.0 Å². The smallest absolute Gasteiger partial charge is 0.157 e. The van der Waals surface area contributed by atoms with Gasteiger partial charge in [-0.1, -0.05) is 24.0 Å². The number of hydrogen-bond acceptors (Lipinski definition) is 5. The van der Waals surface area contributed by atoms with Crippen LogP contribution in [-0.2, 0) is 0 Å². The molecule has 0 bridgehead atoms. The normalized spacial score (nSPS) is 11.2. The molecule has 1 aromatic carbocycles. The number of aromatic hydroxyl groups is 1. The highest BCUT2D eigenvalue weighted by Crippen LogP contribution is 2.34. The number of nitrogens with one attached hydrogen (secondary N) is 1. The molecule has 2 N–H and O–H groups in total. The van der Waals surface area contributed by atoms with E-state index in [4.69, 9.17) is 4.98 Å². The second kappa shape index (κ2) is 7.02. The number of fused-ring (bicyclic) bond motifs is 1. The van der Waals surface area contributed by atoms with E-state index in [1.54, 1.807) is 41.9 Å². The molecule has 0 aliphatic heterocycles. The molecule has 28 heavy (non-hydrogen) atoms. The Morgan fingerprint density at radius 1 is 1.11 bits per heavy atom. The maximum Gasteiger partial charge on any atom is 0.157 e. The molecule has 0 amide bonds. The largest absolute Gasteiger partial charge is 0.507 e. The zero-order valence-electron chi connectivity index (χ0n) is 15.9. The van der Waals surface area contributed by atoms with E-state index >= 15 is 0 Å². The fourth-order valence-corrected chi connectivity index (χ4v) is 3.64. The molecule has 0 saturated carbocycles. The number of phenolic OH excluding ortho intramolecular Hbond substituents is 1. The van der Waals surface area contributed by atoms with Crippen molar-refractivity contribution in [2.45, 2.75) is 26.3 Å². The van der Waals surface area contributed by atoms with E-state index in [1.807, 2.05) is 28.8 Å². The third-order valence-electron chi connectivity index (χ3n) is 3.99. The topological polar surface area (TPSA) is 62.5 Å². The number of anilines is 1. The Morgan fingerprint density at radius 2 is 1.93 bits per heavy atom. The second-order valence-electron chi connectivity index (χ2n) is 7.42. The predicted octanol–water partition coefficient (Wildman–Crippen LogP) is 4.77. The average molecular weight is 388 g/mol. The van der Waals surface area contributed by atoms with E-state index in [1.165, 1.54) is 0 Å². The van der Waals surface area contributed by atoms with Gasteiger partial charge in [0, 0.05) is 17.9 Å². The first-order valence-corrected chi connectivity index (χ1v) is 9.73. The van der Waals surface area contributed by atoms with Gasteiger partial charge < -0.3 is 10.4 Å². The highest BCUT2D eigenvalue weighted by Gasteiger charge is 2.20. The first-order chi connectivity index (χ1) is 13.4. The molecule has 4 rings (SSSR count). The Morgan fingerprint density at radius 3 is 2.71 bits per heavy atom. The van der Waals surface area contributed by atoms with Crippen molar-refractivity contribution in [1.29, 1.82) is 0 Å². The third-order valence-corrected chi connectivity index (χ3v) is 4.99.